The van der Waals surface area contributed by atoms with Gasteiger partial charge in [-0.05, 0) is 69.8 Å². The van der Waals surface area contributed by atoms with Gasteiger partial charge in [-0.1, -0.05) is 0 Å². The summed E-state index contributed by atoms with van der Waals surface area (Å²) in [5, 5.41) is 0. The van der Waals surface area contributed by atoms with Crippen LogP contribution in [-0.2, 0) is 0 Å². The first kappa shape index (κ1) is 13.1. The second-order valence-electron chi connectivity index (χ2n) is 3.94. The first-order valence-electron chi connectivity index (χ1n) is 5.07. The van der Waals surface area contributed by atoms with Gasteiger partial charge in [0.1, 0.15) is 0 Å². The summed E-state index contributed by atoms with van der Waals surface area (Å²) in [6.45, 7) is 5.99. The largest absolute Gasteiger partial charge is 0.355 e. The van der Waals surface area contributed by atoms with Gasteiger partial charge < -0.3 is 4.98 Å². The van der Waals surface area contributed by atoms with Crippen LogP contribution >= 0.6 is 43.2 Å². The highest BCUT2D eigenvalue weighted by molar-refractivity contribution is 9.13. The van der Waals surface area contributed by atoms with Crippen LogP contribution in [-0.4, -0.2) is 10.8 Å². The lowest BCUT2D eigenvalue weighted by molar-refractivity contribution is 0.103. The Morgan fingerprint density at radius 3 is 2.29 bits per heavy atom. The van der Waals surface area contributed by atoms with E-state index in [0.29, 0.717) is 5.69 Å². The number of H-pyrrole nitrogens is 1. The van der Waals surface area contributed by atoms with Crippen LogP contribution in [0.4, 0.5) is 0 Å². The van der Waals surface area contributed by atoms with E-state index in [2.05, 4.69) is 36.8 Å². The highest BCUT2D eigenvalue weighted by atomic mass is 79.9. The highest BCUT2D eigenvalue weighted by Gasteiger charge is 2.19. The fourth-order valence-corrected chi connectivity index (χ4v) is 3.63. The van der Waals surface area contributed by atoms with Gasteiger partial charge in [0.05, 0.1) is 14.4 Å². The standard InChI is InChI=1S/C12H11Br2NOS/c1-5-6(2)10(15-7(5)3)11(16)9-4-8(13)12(14)17-9/h4,15H,1-3H3. The maximum atomic E-state index is 12.3. The Kier molecular flexibility index (Phi) is 3.61. The molecule has 2 nitrogen and oxygen atoms in total. The normalized spacial score (nSPS) is 10.9. The van der Waals surface area contributed by atoms with Crippen LogP contribution in [0.15, 0.2) is 14.3 Å². The molecule has 0 aromatic carbocycles. The van der Waals surface area contributed by atoms with Crippen LogP contribution in [0.2, 0.25) is 0 Å². The Bertz CT molecular complexity index is 578. The number of thiophene rings is 1. The molecule has 2 rings (SSSR count). The lowest BCUT2D eigenvalue weighted by Gasteiger charge is -1.96. The van der Waals surface area contributed by atoms with Gasteiger partial charge in [0.2, 0.25) is 5.78 Å². The van der Waals surface area contributed by atoms with Gasteiger partial charge in [-0.3, -0.25) is 4.79 Å². The number of rotatable bonds is 2. The maximum absolute atomic E-state index is 12.3. The van der Waals surface area contributed by atoms with Gasteiger partial charge in [0.25, 0.3) is 0 Å². The Morgan fingerprint density at radius 1 is 1.24 bits per heavy atom. The summed E-state index contributed by atoms with van der Waals surface area (Å²) in [6.07, 6.45) is 0. The SMILES string of the molecule is Cc1[nH]c(C(=O)c2cc(Br)c(Br)s2)c(C)c1C. The molecule has 0 fully saturated rings. The molecular weight excluding hydrogens is 366 g/mol. The van der Waals surface area contributed by atoms with E-state index >= 15 is 0 Å². The molecule has 0 atom stereocenters. The van der Waals surface area contributed by atoms with Crippen molar-refractivity contribution < 1.29 is 4.79 Å². The minimum atomic E-state index is 0.0510. The summed E-state index contributed by atoms with van der Waals surface area (Å²) in [7, 11) is 0. The monoisotopic (exact) mass is 375 g/mol. The Labute approximate surface area is 121 Å². The molecule has 0 saturated carbocycles. The van der Waals surface area contributed by atoms with E-state index in [0.717, 1.165) is 30.0 Å². The summed E-state index contributed by atoms with van der Waals surface area (Å²) < 4.78 is 1.86. The molecule has 0 saturated heterocycles. The quantitative estimate of drug-likeness (QED) is 0.753. The van der Waals surface area contributed by atoms with Crippen molar-refractivity contribution in [1.29, 1.82) is 0 Å². The fraction of sp³-hybridized carbons (Fsp3) is 0.250. The van der Waals surface area contributed by atoms with Crippen molar-refractivity contribution in [2.24, 2.45) is 0 Å². The van der Waals surface area contributed by atoms with E-state index in [1.165, 1.54) is 11.3 Å². The van der Waals surface area contributed by atoms with Gasteiger partial charge in [-0.25, -0.2) is 0 Å². The van der Waals surface area contributed by atoms with E-state index in [1.54, 1.807) is 0 Å². The van der Waals surface area contributed by atoms with Crippen LogP contribution in [0.3, 0.4) is 0 Å². The number of aryl methyl sites for hydroxylation is 1. The lowest BCUT2D eigenvalue weighted by atomic mass is 10.1. The van der Waals surface area contributed by atoms with Crippen molar-refractivity contribution >= 4 is 49.0 Å². The van der Waals surface area contributed by atoms with Crippen molar-refractivity contribution in [2.75, 3.05) is 0 Å². The minimum absolute atomic E-state index is 0.0510. The lowest BCUT2D eigenvalue weighted by Crippen LogP contribution is -2.01. The third kappa shape index (κ3) is 2.28. The number of ketones is 1. The molecular formula is C12H11Br2NOS. The highest BCUT2D eigenvalue weighted by Crippen LogP contribution is 2.34. The minimum Gasteiger partial charge on any atom is -0.355 e. The predicted molar refractivity (Wildman–Crippen MR) is 78.2 cm³/mol. The van der Waals surface area contributed by atoms with Gasteiger partial charge in [-0.15, -0.1) is 11.3 Å². The number of halogens is 2. The number of aromatic nitrogens is 1. The van der Waals surface area contributed by atoms with Gasteiger partial charge in [0, 0.05) is 10.2 Å². The molecule has 1 N–H and O–H groups in total. The zero-order chi connectivity index (χ0) is 12.7. The molecule has 0 bridgehead atoms. The Morgan fingerprint density at radius 2 is 1.88 bits per heavy atom. The van der Waals surface area contributed by atoms with Gasteiger partial charge >= 0.3 is 0 Å². The summed E-state index contributed by atoms with van der Waals surface area (Å²) in [5.41, 5.74) is 3.94. The molecule has 0 radical (unpaired) electrons. The number of aromatic amines is 1. The van der Waals surface area contributed by atoms with Crippen molar-refractivity contribution in [3.05, 3.63) is 41.7 Å². The number of carbonyl (C=O) groups excluding carboxylic acids is 1. The predicted octanol–water partition coefficient (Wildman–Crippen LogP) is 4.76. The summed E-state index contributed by atoms with van der Waals surface area (Å²) >= 11 is 8.24. The van der Waals surface area contributed by atoms with E-state index in [9.17, 15) is 4.79 Å². The van der Waals surface area contributed by atoms with Gasteiger partial charge in [0.15, 0.2) is 0 Å². The maximum Gasteiger partial charge on any atom is 0.219 e. The summed E-state index contributed by atoms with van der Waals surface area (Å²) in [6, 6.07) is 1.85. The molecule has 0 spiro atoms. The van der Waals surface area contributed by atoms with E-state index < -0.39 is 0 Å². The average molecular weight is 377 g/mol. The molecule has 0 unspecified atom stereocenters. The zero-order valence-electron chi connectivity index (χ0n) is 9.65. The number of hydrogen-bond acceptors (Lipinski definition) is 2. The summed E-state index contributed by atoms with van der Waals surface area (Å²) in [5.74, 6) is 0.0510. The zero-order valence-corrected chi connectivity index (χ0v) is 13.6. The van der Waals surface area contributed by atoms with E-state index in [1.807, 2.05) is 26.8 Å². The third-order valence-corrected chi connectivity index (χ3v) is 6.16. The molecule has 0 aliphatic carbocycles. The average Bonchev–Trinajstić information content (AvgIpc) is 2.74. The Hall–Kier alpha value is -0.390. The van der Waals surface area contributed by atoms with Crippen LogP contribution in [0.25, 0.3) is 0 Å². The molecule has 5 heteroatoms. The topological polar surface area (TPSA) is 32.9 Å². The number of carbonyl (C=O) groups is 1. The van der Waals surface area contributed by atoms with Crippen LogP contribution in [0.5, 0.6) is 0 Å². The fourth-order valence-electron chi connectivity index (χ4n) is 1.65. The van der Waals surface area contributed by atoms with Crippen molar-refractivity contribution in [3.63, 3.8) is 0 Å². The molecule has 17 heavy (non-hydrogen) atoms. The van der Waals surface area contributed by atoms with Crippen molar-refractivity contribution in [3.8, 4) is 0 Å². The van der Waals surface area contributed by atoms with Crippen LogP contribution in [0.1, 0.15) is 32.2 Å². The molecule has 2 aromatic heterocycles. The first-order chi connectivity index (χ1) is 7.91. The number of hydrogen-bond donors (Lipinski definition) is 1. The molecule has 90 valence electrons. The van der Waals surface area contributed by atoms with Crippen LogP contribution < -0.4 is 0 Å². The van der Waals surface area contributed by atoms with E-state index in [4.69, 9.17) is 0 Å². The first-order valence-corrected chi connectivity index (χ1v) is 7.47. The summed E-state index contributed by atoms with van der Waals surface area (Å²) in [4.78, 5) is 16.2. The third-order valence-electron chi connectivity index (χ3n) is 2.91. The number of nitrogens with one attached hydrogen (secondary N) is 1. The molecule has 0 aliphatic heterocycles. The molecule has 2 aromatic rings. The van der Waals surface area contributed by atoms with E-state index in [-0.39, 0.29) is 5.78 Å². The van der Waals surface area contributed by atoms with Crippen molar-refractivity contribution in [2.45, 2.75) is 20.8 Å². The van der Waals surface area contributed by atoms with Crippen LogP contribution in [0, 0.1) is 20.8 Å². The van der Waals surface area contributed by atoms with Crippen molar-refractivity contribution in [1.82, 2.24) is 4.98 Å². The molecule has 0 aliphatic rings. The smallest absolute Gasteiger partial charge is 0.219 e. The second-order valence-corrected chi connectivity index (χ2v) is 7.16. The Balaban J connectivity index is 2.47. The molecule has 0 amide bonds. The second kappa shape index (κ2) is 4.71. The van der Waals surface area contributed by atoms with Gasteiger partial charge in [-0.2, -0.15) is 0 Å². The molecule has 2 heterocycles.